The molecule has 4 nitrogen and oxygen atoms in total. The predicted octanol–water partition coefficient (Wildman–Crippen LogP) is 2.38. The van der Waals surface area contributed by atoms with E-state index in [0.717, 1.165) is 10.9 Å². The summed E-state index contributed by atoms with van der Waals surface area (Å²) in [6, 6.07) is 6.14. The highest BCUT2D eigenvalue weighted by atomic mass is 16.3. The number of aromatic nitrogens is 1. The van der Waals surface area contributed by atoms with E-state index in [-0.39, 0.29) is 12.0 Å². The first-order valence-electron chi connectivity index (χ1n) is 7.12. The van der Waals surface area contributed by atoms with Crippen LogP contribution in [0.2, 0.25) is 0 Å². The first-order chi connectivity index (χ1) is 9.54. The number of nitrogens with zero attached hydrogens (tertiary/aromatic N) is 1. The molecule has 0 unspecified atom stereocenters. The molecule has 1 aliphatic rings. The number of carbonyl (C=O) groups is 1. The number of rotatable bonds is 1. The number of aromatic amines is 1. The summed E-state index contributed by atoms with van der Waals surface area (Å²) < 4.78 is 0. The number of benzene rings is 1. The lowest BCUT2D eigenvalue weighted by Gasteiger charge is -2.29. The van der Waals surface area contributed by atoms with Crippen molar-refractivity contribution in [2.45, 2.75) is 32.8 Å². The van der Waals surface area contributed by atoms with E-state index in [1.165, 1.54) is 11.1 Å². The van der Waals surface area contributed by atoms with Gasteiger partial charge in [0.25, 0.3) is 5.91 Å². The maximum Gasteiger partial charge on any atom is 0.270 e. The molecule has 1 fully saturated rings. The van der Waals surface area contributed by atoms with Crippen molar-refractivity contribution in [1.29, 1.82) is 0 Å². The molecule has 1 aromatic heterocycles. The standard InChI is InChI=1S/C16H20N2O2/c1-10-7-11(2)13-9-15(17-14(13)8-10)16(20)18-5-3-12(19)4-6-18/h7-9,12,17,19H,3-6H2,1-2H3. The molecule has 1 aromatic carbocycles. The van der Waals surface area contributed by atoms with Crippen molar-refractivity contribution in [1.82, 2.24) is 9.88 Å². The SMILES string of the molecule is Cc1cc(C)c2cc(C(=O)N3CCC(O)CC3)[nH]c2c1. The van der Waals surface area contributed by atoms with E-state index in [4.69, 9.17) is 0 Å². The van der Waals surface area contributed by atoms with Crippen molar-refractivity contribution in [3.05, 3.63) is 35.0 Å². The summed E-state index contributed by atoms with van der Waals surface area (Å²) in [6.07, 6.45) is 1.08. The lowest BCUT2D eigenvalue weighted by atomic mass is 10.1. The van der Waals surface area contributed by atoms with Crippen molar-refractivity contribution in [3.63, 3.8) is 0 Å². The Hall–Kier alpha value is -1.81. The number of aryl methyl sites for hydroxylation is 2. The molecule has 20 heavy (non-hydrogen) atoms. The van der Waals surface area contributed by atoms with E-state index in [0.29, 0.717) is 31.6 Å². The molecule has 2 aromatic rings. The van der Waals surface area contributed by atoms with Crippen LogP contribution in [0.3, 0.4) is 0 Å². The smallest absolute Gasteiger partial charge is 0.270 e. The maximum absolute atomic E-state index is 12.5. The molecule has 1 saturated heterocycles. The van der Waals surface area contributed by atoms with Crippen LogP contribution in [0.25, 0.3) is 10.9 Å². The van der Waals surface area contributed by atoms with Gasteiger partial charge in [-0.3, -0.25) is 4.79 Å². The third-order valence-corrected chi connectivity index (χ3v) is 4.07. The third-order valence-electron chi connectivity index (χ3n) is 4.07. The summed E-state index contributed by atoms with van der Waals surface area (Å²) in [7, 11) is 0. The maximum atomic E-state index is 12.5. The van der Waals surface area contributed by atoms with E-state index in [1.807, 2.05) is 11.0 Å². The average molecular weight is 272 g/mol. The molecule has 2 N–H and O–H groups in total. The molecule has 1 aliphatic heterocycles. The number of aliphatic hydroxyl groups excluding tert-OH is 1. The van der Waals surface area contributed by atoms with Gasteiger partial charge >= 0.3 is 0 Å². The molecule has 4 heteroatoms. The molecule has 0 aliphatic carbocycles. The number of likely N-dealkylation sites (tertiary alicyclic amines) is 1. The minimum Gasteiger partial charge on any atom is -0.393 e. The summed E-state index contributed by atoms with van der Waals surface area (Å²) in [4.78, 5) is 17.5. The van der Waals surface area contributed by atoms with Crippen LogP contribution in [0.1, 0.15) is 34.5 Å². The zero-order chi connectivity index (χ0) is 14.3. The fourth-order valence-corrected chi connectivity index (χ4v) is 2.95. The highest BCUT2D eigenvalue weighted by molar-refractivity contribution is 5.99. The largest absolute Gasteiger partial charge is 0.393 e. The first-order valence-corrected chi connectivity index (χ1v) is 7.12. The number of H-pyrrole nitrogens is 1. The van der Waals surface area contributed by atoms with Crippen LogP contribution in [0.4, 0.5) is 0 Å². The summed E-state index contributed by atoms with van der Waals surface area (Å²) in [5.41, 5.74) is 4.04. The number of nitrogens with one attached hydrogen (secondary N) is 1. The fraction of sp³-hybridized carbons (Fsp3) is 0.438. The second-order valence-electron chi connectivity index (χ2n) is 5.75. The number of carbonyl (C=O) groups excluding carboxylic acids is 1. The molecule has 106 valence electrons. The number of hydrogen-bond donors (Lipinski definition) is 2. The van der Waals surface area contributed by atoms with Crippen LogP contribution in [0, 0.1) is 13.8 Å². The molecule has 2 heterocycles. The molecule has 0 atom stereocenters. The lowest BCUT2D eigenvalue weighted by Crippen LogP contribution is -2.40. The average Bonchev–Trinajstić information content (AvgIpc) is 2.83. The Morgan fingerprint density at radius 3 is 2.65 bits per heavy atom. The van der Waals surface area contributed by atoms with Crippen LogP contribution in [-0.4, -0.2) is 40.1 Å². The van der Waals surface area contributed by atoms with Gasteiger partial charge in [-0.15, -0.1) is 0 Å². The number of amides is 1. The Morgan fingerprint density at radius 1 is 1.25 bits per heavy atom. The van der Waals surface area contributed by atoms with Gasteiger partial charge in [0.05, 0.1) is 6.10 Å². The Balaban J connectivity index is 1.90. The Kier molecular flexibility index (Phi) is 3.26. The fourth-order valence-electron chi connectivity index (χ4n) is 2.95. The van der Waals surface area contributed by atoms with E-state index >= 15 is 0 Å². The van der Waals surface area contributed by atoms with Gasteiger partial charge in [0.2, 0.25) is 0 Å². The van der Waals surface area contributed by atoms with E-state index in [9.17, 15) is 9.90 Å². The van der Waals surface area contributed by atoms with Gasteiger partial charge in [0.1, 0.15) is 5.69 Å². The molecule has 0 radical (unpaired) electrons. The number of piperidine rings is 1. The topological polar surface area (TPSA) is 56.3 Å². The van der Waals surface area contributed by atoms with Gasteiger partial charge in [0, 0.05) is 24.0 Å². The number of fused-ring (bicyclic) bond motifs is 1. The van der Waals surface area contributed by atoms with Gasteiger partial charge in [-0.05, 0) is 49.9 Å². The predicted molar refractivity (Wildman–Crippen MR) is 78.9 cm³/mol. The molecule has 1 amide bonds. The highest BCUT2D eigenvalue weighted by Crippen LogP contribution is 2.23. The minimum atomic E-state index is -0.258. The third kappa shape index (κ3) is 2.31. The van der Waals surface area contributed by atoms with Gasteiger partial charge < -0.3 is 15.0 Å². The zero-order valence-electron chi connectivity index (χ0n) is 11.9. The van der Waals surface area contributed by atoms with Gasteiger partial charge in [-0.1, -0.05) is 6.07 Å². The molecular weight excluding hydrogens is 252 g/mol. The first kappa shape index (κ1) is 13.2. The quantitative estimate of drug-likeness (QED) is 0.837. The second-order valence-corrected chi connectivity index (χ2v) is 5.75. The van der Waals surface area contributed by atoms with Crippen LogP contribution in [-0.2, 0) is 0 Å². The van der Waals surface area contributed by atoms with Gasteiger partial charge in [-0.25, -0.2) is 0 Å². The normalized spacial score (nSPS) is 16.9. The minimum absolute atomic E-state index is 0.0325. The van der Waals surface area contributed by atoms with Crippen molar-refractivity contribution >= 4 is 16.8 Å². The van der Waals surface area contributed by atoms with Crippen LogP contribution >= 0.6 is 0 Å². The number of aliphatic hydroxyl groups is 1. The van der Waals surface area contributed by atoms with Crippen LogP contribution in [0.5, 0.6) is 0 Å². The van der Waals surface area contributed by atoms with Crippen molar-refractivity contribution in [2.75, 3.05) is 13.1 Å². The molecule has 0 bridgehead atoms. The molecule has 3 rings (SSSR count). The van der Waals surface area contributed by atoms with E-state index in [1.54, 1.807) is 0 Å². The Morgan fingerprint density at radius 2 is 1.95 bits per heavy atom. The molecule has 0 saturated carbocycles. The van der Waals surface area contributed by atoms with Gasteiger partial charge in [-0.2, -0.15) is 0 Å². The summed E-state index contributed by atoms with van der Waals surface area (Å²) in [5, 5.41) is 10.6. The van der Waals surface area contributed by atoms with E-state index in [2.05, 4.69) is 31.0 Å². The monoisotopic (exact) mass is 272 g/mol. The lowest BCUT2D eigenvalue weighted by molar-refractivity contribution is 0.0542. The van der Waals surface area contributed by atoms with E-state index < -0.39 is 0 Å². The summed E-state index contributed by atoms with van der Waals surface area (Å²) >= 11 is 0. The Bertz CT molecular complexity index is 652. The number of hydrogen-bond acceptors (Lipinski definition) is 2. The van der Waals surface area contributed by atoms with Gasteiger partial charge in [0.15, 0.2) is 0 Å². The van der Waals surface area contributed by atoms with Crippen LogP contribution in [0.15, 0.2) is 18.2 Å². The van der Waals surface area contributed by atoms with Crippen molar-refractivity contribution in [3.8, 4) is 0 Å². The second kappa shape index (κ2) is 4.94. The Labute approximate surface area is 118 Å². The van der Waals surface area contributed by atoms with Crippen molar-refractivity contribution < 1.29 is 9.90 Å². The highest BCUT2D eigenvalue weighted by Gasteiger charge is 2.23. The van der Waals surface area contributed by atoms with Crippen LogP contribution < -0.4 is 0 Å². The summed E-state index contributed by atoms with van der Waals surface area (Å²) in [6.45, 7) is 5.39. The summed E-state index contributed by atoms with van der Waals surface area (Å²) in [5.74, 6) is 0.0325. The molecular formula is C16H20N2O2. The van der Waals surface area contributed by atoms with Crippen molar-refractivity contribution in [2.24, 2.45) is 0 Å². The molecule has 0 spiro atoms. The zero-order valence-corrected chi connectivity index (χ0v) is 11.9.